The molecule has 1 N–H and O–H groups in total. The monoisotopic (exact) mass is 333 g/mol. The van der Waals surface area contributed by atoms with Crippen molar-refractivity contribution in [3.05, 3.63) is 30.1 Å². The fourth-order valence-electron chi connectivity index (χ4n) is 1.81. The van der Waals surface area contributed by atoms with Crippen LogP contribution in [0.25, 0.3) is 11.3 Å². The summed E-state index contributed by atoms with van der Waals surface area (Å²) in [6.07, 6.45) is 0.867. The molecular formula is C16H19N3O5. The summed E-state index contributed by atoms with van der Waals surface area (Å²) in [5.74, 6) is -0.0754. The molecule has 2 aromatic rings. The van der Waals surface area contributed by atoms with Gasteiger partial charge in [-0.25, -0.2) is 14.6 Å². The highest BCUT2D eigenvalue weighted by Crippen LogP contribution is 2.27. The van der Waals surface area contributed by atoms with E-state index in [2.05, 4.69) is 15.5 Å². The first-order chi connectivity index (χ1) is 11.3. The Morgan fingerprint density at radius 3 is 2.75 bits per heavy atom. The van der Waals surface area contributed by atoms with Gasteiger partial charge in [0.2, 0.25) is 0 Å². The number of aromatic nitrogens is 2. The van der Waals surface area contributed by atoms with Gasteiger partial charge in [-0.15, -0.1) is 0 Å². The Kier molecular flexibility index (Phi) is 5.18. The number of rotatable bonds is 4. The Morgan fingerprint density at radius 2 is 2.08 bits per heavy atom. The zero-order valence-electron chi connectivity index (χ0n) is 14.0. The number of carbonyl (C=O) groups excluding carboxylic acids is 2. The molecule has 0 aromatic carbocycles. The van der Waals surface area contributed by atoms with Crippen molar-refractivity contribution in [2.75, 3.05) is 11.9 Å². The second-order valence-corrected chi connectivity index (χ2v) is 5.82. The smallest absolute Gasteiger partial charge is 0.413 e. The van der Waals surface area contributed by atoms with Crippen LogP contribution >= 0.6 is 0 Å². The number of hydrogen-bond donors (Lipinski definition) is 1. The normalized spacial score (nSPS) is 11.0. The third-order valence-electron chi connectivity index (χ3n) is 2.69. The first-order valence-electron chi connectivity index (χ1n) is 7.39. The molecule has 0 radical (unpaired) electrons. The summed E-state index contributed by atoms with van der Waals surface area (Å²) in [6.45, 7) is 7.21. The molecule has 1 amide bonds. The van der Waals surface area contributed by atoms with E-state index >= 15 is 0 Å². The van der Waals surface area contributed by atoms with E-state index in [9.17, 15) is 9.59 Å². The number of pyridine rings is 1. The minimum atomic E-state index is -0.646. The van der Waals surface area contributed by atoms with Gasteiger partial charge in [0.25, 0.3) is 0 Å². The van der Waals surface area contributed by atoms with Crippen molar-refractivity contribution in [3.8, 4) is 11.3 Å². The average Bonchev–Trinajstić information content (AvgIpc) is 2.95. The lowest BCUT2D eigenvalue weighted by Crippen LogP contribution is -2.27. The summed E-state index contributed by atoms with van der Waals surface area (Å²) in [7, 11) is 0. The number of anilines is 1. The molecule has 0 saturated carbocycles. The molecule has 2 heterocycles. The summed E-state index contributed by atoms with van der Waals surface area (Å²) in [5, 5.41) is 6.22. The van der Waals surface area contributed by atoms with Gasteiger partial charge in [-0.1, -0.05) is 5.16 Å². The molecule has 0 aliphatic carbocycles. The number of esters is 1. The standard InChI is InChI=1S/C16H19N3O5/c1-5-22-14(20)11-9-12(24-19-11)10-7-6-8-17-13(10)18-15(21)23-16(2,3)4/h6-9H,5H2,1-4H3,(H,17,18,21). The zero-order valence-corrected chi connectivity index (χ0v) is 14.0. The van der Waals surface area contributed by atoms with Crippen LogP contribution in [0.1, 0.15) is 38.2 Å². The minimum absolute atomic E-state index is 0.0407. The van der Waals surface area contributed by atoms with Crippen molar-refractivity contribution < 1.29 is 23.6 Å². The van der Waals surface area contributed by atoms with Crippen molar-refractivity contribution >= 4 is 17.9 Å². The molecule has 128 valence electrons. The number of hydrogen-bond acceptors (Lipinski definition) is 7. The number of carbonyl (C=O) groups is 2. The number of nitrogens with zero attached hydrogens (tertiary/aromatic N) is 2. The van der Waals surface area contributed by atoms with Gasteiger partial charge in [-0.3, -0.25) is 5.32 Å². The fraction of sp³-hybridized carbons (Fsp3) is 0.375. The van der Waals surface area contributed by atoms with E-state index in [1.54, 1.807) is 39.8 Å². The third kappa shape index (κ3) is 4.55. The Hall–Kier alpha value is -2.90. The Bertz CT molecular complexity index is 733. The highest BCUT2D eigenvalue weighted by Gasteiger charge is 2.20. The van der Waals surface area contributed by atoms with E-state index in [0.717, 1.165) is 0 Å². The molecule has 8 nitrogen and oxygen atoms in total. The molecule has 0 unspecified atom stereocenters. The SMILES string of the molecule is CCOC(=O)c1cc(-c2cccnc2NC(=O)OC(C)(C)C)on1. The molecule has 0 spiro atoms. The topological polar surface area (TPSA) is 104 Å². The summed E-state index contributed by atoms with van der Waals surface area (Å²) in [4.78, 5) is 27.7. The molecule has 2 aromatic heterocycles. The van der Waals surface area contributed by atoms with Gasteiger partial charge in [0, 0.05) is 12.3 Å². The van der Waals surface area contributed by atoms with Crippen molar-refractivity contribution in [3.63, 3.8) is 0 Å². The van der Waals surface area contributed by atoms with Crippen LogP contribution in [0.4, 0.5) is 10.6 Å². The maximum absolute atomic E-state index is 11.9. The Morgan fingerprint density at radius 1 is 1.33 bits per heavy atom. The van der Waals surface area contributed by atoms with E-state index in [1.165, 1.54) is 12.3 Å². The molecule has 0 bridgehead atoms. The van der Waals surface area contributed by atoms with Crippen LogP contribution in [-0.2, 0) is 9.47 Å². The third-order valence-corrected chi connectivity index (χ3v) is 2.69. The lowest BCUT2D eigenvalue weighted by molar-refractivity contribution is 0.0514. The highest BCUT2D eigenvalue weighted by molar-refractivity contribution is 5.91. The molecule has 0 aliphatic rings. The zero-order chi connectivity index (χ0) is 17.7. The second kappa shape index (κ2) is 7.12. The van der Waals surface area contributed by atoms with Crippen molar-refractivity contribution in [1.29, 1.82) is 0 Å². The summed E-state index contributed by atoms with van der Waals surface area (Å²) < 4.78 is 15.2. The largest absolute Gasteiger partial charge is 0.461 e. The van der Waals surface area contributed by atoms with Crippen LogP contribution in [0.2, 0.25) is 0 Å². The van der Waals surface area contributed by atoms with Crippen molar-refractivity contribution in [1.82, 2.24) is 10.1 Å². The quantitative estimate of drug-likeness (QED) is 0.856. The number of nitrogens with one attached hydrogen (secondary N) is 1. The van der Waals surface area contributed by atoms with E-state index in [-0.39, 0.29) is 23.9 Å². The van der Waals surface area contributed by atoms with Gasteiger partial charge in [0.15, 0.2) is 11.5 Å². The van der Waals surface area contributed by atoms with Crippen LogP contribution in [0, 0.1) is 0 Å². The fourth-order valence-corrected chi connectivity index (χ4v) is 1.81. The minimum Gasteiger partial charge on any atom is -0.461 e. The van der Waals surface area contributed by atoms with Gasteiger partial charge in [-0.05, 0) is 39.8 Å². The molecule has 0 saturated heterocycles. The van der Waals surface area contributed by atoms with E-state index < -0.39 is 17.7 Å². The first-order valence-corrected chi connectivity index (χ1v) is 7.39. The number of ether oxygens (including phenoxy) is 2. The predicted molar refractivity (Wildman–Crippen MR) is 85.5 cm³/mol. The number of amides is 1. The van der Waals surface area contributed by atoms with Gasteiger partial charge in [-0.2, -0.15) is 0 Å². The summed E-state index contributed by atoms with van der Waals surface area (Å²) in [5.41, 5.74) is -0.132. The molecule has 2 rings (SSSR count). The van der Waals surface area contributed by atoms with E-state index in [4.69, 9.17) is 14.0 Å². The average molecular weight is 333 g/mol. The predicted octanol–water partition coefficient (Wildman–Crippen LogP) is 3.26. The molecule has 0 aliphatic heterocycles. The Labute approximate surface area is 139 Å². The van der Waals surface area contributed by atoms with Crippen molar-refractivity contribution in [2.45, 2.75) is 33.3 Å². The van der Waals surface area contributed by atoms with Crippen molar-refractivity contribution in [2.24, 2.45) is 0 Å². The van der Waals surface area contributed by atoms with Crippen LogP contribution in [0.3, 0.4) is 0 Å². The van der Waals surface area contributed by atoms with E-state index in [1.807, 2.05) is 0 Å². The van der Waals surface area contributed by atoms with Crippen LogP contribution in [-0.4, -0.2) is 34.4 Å². The van der Waals surface area contributed by atoms with Crippen LogP contribution in [0.5, 0.6) is 0 Å². The van der Waals surface area contributed by atoms with Gasteiger partial charge >= 0.3 is 12.1 Å². The van der Waals surface area contributed by atoms with Gasteiger partial charge < -0.3 is 14.0 Å². The Balaban J connectivity index is 2.23. The molecule has 0 atom stereocenters. The lowest BCUT2D eigenvalue weighted by Gasteiger charge is -2.19. The second-order valence-electron chi connectivity index (χ2n) is 5.82. The van der Waals surface area contributed by atoms with Gasteiger partial charge in [0.05, 0.1) is 12.2 Å². The summed E-state index contributed by atoms with van der Waals surface area (Å²) >= 11 is 0. The molecule has 8 heteroatoms. The summed E-state index contributed by atoms with van der Waals surface area (Å²) in [6, 6.07) is 4.77. The maximum atomic E-state index is 11.9. The molecule has 0 fully saturated rings. The molecule has 24 heavy (non-hydrogen) atoms. The molecular weight excluding hydrogens is 314 g/mol. The van der Waals surface area contributed by atoms with Gasteiger partial charge in [0.1, 0.15) is 11.4 Å². The maximum Gasteiger partial charge on any atom is 0.413 e. The van der Waals surface area contributed by atoms with Crippen LogP contribution < -0.4 is 5.32 Å². The van der Waals surface area contributed by atoms with E-state index in [0.29, 0.717) is 5.56 Å². The highest BCUT2D eigenvalue weighted by atomic mass is 16.6. The first kappa shape index (κ1) is 17.5. The lowest BCUT2D eigenvalue weighted by atomic mass is 10.2. The van der Waals surface area contributed by atoms with Crippen LogP contribution in [0.15, 0.2) is 28.9 Å².